The highest BCUT2D eigenvalue weighted by Gasteiger charge is 2.30. The number of rotatable bonds is 5. The molecule has 5 nitrogen and oxygen atoms in total. The molecule has 4 rings (SSSR count). The summed E-state index contributed by atoms with van der Waals surface area (Å²) in [7, 11) is 0. The molecule has 0 unspecified atom stereocenters. The summed E-state index contributed by atoms with van der Waals surface area (Å²) in [5.74, 6) is 1.01. The van der Waals surface area contributed by atoms with E-state index in [1.807, 2.05) is 13.8 Å². The summed E-state index contributed by atoms with van der Waals surface area (Å²) in [5, 5.41) is 7.56. The lowest BCUT2D eigenvalue weighted by molar-refractivity contribution is -0.137. The van der Waals surface area contributed by atoms with Crippen LogP contribution in [0.1, 0.15) is 31.2 Å². The van der Waals surface area contributed by atoms with E-state index in [9.17, 15) is 13.2 Å². The van der Waals surface area contributed by atoms with Crippen molar-refractivity contribution in [2.75, 3.05) is 10.6 Å². The number of benzene rings is 2. The van der Waals surface area contributed by atoms with E-state index in [0.717, 1.165) is 12.1 Å². The molecule has 0 aliphatic heterocycles. The lowest BCUT2D eigenvalue weighted by atomic mass is 10.2. The van der Waals surface area contributed by atoms with E-state index in [-0.39, 0.29) is 5.92 Å². The predicted molar refractivity (Wildman–Crippen MR) is 124 cm³/mol. The molecule has 4 aromatic rings. The fraction of sp³-hybridized carbons (Fsp3) is 0.190. The first-order valence-electron chi connectivity index (χ1n) is 9.45. The Bertz CT molecular complexity index is 1250. The Labute approximate surface area is 195 Å². The molecule has 0 bridgehead atoms. The van der Waals surface area contributed by atoms with Crippen LogP contribution in [0, 0.1) is 0 Å². The van der Waals surface area contributed by atoms with Crippen LogP contribution in [0.25, 0.3) is 10.3 Å². The molecule has 0 aliphatic carbocycles. The minimum absolute atomic E-state index is 0.0316. The van der Waals surface area contributed by atoms with Crippen LogP contribution in [0.15, 0.2) is 42.5 Å². The van der Waals surface area contributed by atoms with Crippen LogP contribution in [0.2, 0.25) is 10.0 Å². The zero-order chi connectivity index (χ0) is 23.0. The number of hydrogen-bond donors (Lipinski definition) is 2. The molecular weight excluding hydrogens is 482 g/mol. The number of para-hydroxylation sites is 1. The lowest BCUT2D eigenvalue weighted by Crippen LogP contribution is -2.05. The minimum Gasteiger partial charge on any atom is -0.338 e. The third-order valence-corrected chi connectivity index (χ3v) is 5.96. The van der Waals surface area contributed by atoms with Gasteiger partial charge in [0.25, 0.3) is 0 Å². The standard InChI is InChI=1S/C21H16Cl2F3N5S/c1-10(2)17-30-18(27-12-8-6-11(7-9-12)21(24,25)26)16-19(31-17)32-20(29-16)28-15-13(22)4-3-5-14(15)23/h3-10H,1-2H3,(H,28,29)(H,27,30,31). The van der Waals surface area contributed by atoms with Crippen molar-refractivity contribution < 1.29 is 13.2 Å². The summed E-state index contributed by atoms with van der Waals surface area (Å²) >= 11 is 13.8. The first-order chi connectivity index (χ1) is 15.1. The molecule has 2 heterocycles. The molecule has 166 valence electrons. The van der Waals surface area contributed by atoms with Crippen LogP contribution >= 0.6 is 34.5 Å². The number of anilines is 4. The van der Waals surface area contributed by atoms with Gasteiger partial charge in [0, 0.05) is 11.6 Å². The maximum atomic E-state index is 12.9. The van der Waals surface area contributed by atoms with Crippen molar-refractivity contribution in [2.24, 2.45) is 0 Å². The molecule has 11 heteroatoms. The Hall–Kier alpha value is -2.62. The van der Waals surface area contributed by atoms with E-state index >= 15 is 0 Å². The van der Waals surface area contributed by atoms with Crippen LogP contribution in [-0.4, -0.2) is 15.0 Å². The van der Waals surface area contributed by atoms with E-state index in [2.05, 4.69) is 25.6 Å². The van der Waals surface area contributed by atoms with E-state index in [4.69, 9.17) is 23.2 Å². The van der Waals surface area contributed by atoms with Crippen molar-refractivity contribution >= 4 is 67.2 Å². The topological polar surface area (TPSA) is 62.7 Å². The van der Waals surface area contributed by atoms with Gasteiger partial charge in [0.15, 0.2) is 15.8 Å². The molecular formula is C21H16Cl2F3N5S. The van der Waals surface area contributed by atoms with E-state index < -0.39 is 11.7 Å². The van der Waals surface area contributed by atoms with Crippen molar-refractivity contribution in [3.05, 3.63) is 63.9 Å². The molecule has 32 heavy (non-hydrogen) atoms. The van der Waals surface area contributed by atoms with Crippen LogP contribution < -0.4 is 10.6 Å². The third kappa shape index (κ3) is 4.74. The summed E-state index contributed by atoms with van der Waals surface area (Å²) in [6, 6.07) is 9.87. The van der Waals surface area contributed by atoms with E-state index in [1.165, 1.54) is 23.5 Å². The average Bonchev–Trinajstić information content (AvgIpc) is 3.13. The molecule has 0 saturated heterocycles. The van der Waals surface area contributed by atoms with Gasteiger partial charge in [0.1, 0.15) is 11.3 Å². The first-order valence-corrected chi connectivity index (χ1v) is 11.0. The van der Waals surface area contributed by atoms with Gasteiger partial charge in [-0.3, -0.25) is 0 Å². The number of halogens is 5. The molecule has 0 radical (unpaired) electrons. The van der Waals surface area contributed by atoms with Crippen LogP contribution in [0.3, 0.4) is 0 Å². The predicted octanol–water partition coefficient (Wildman–Crippen LogP) is 8.02. The lowest BCUT2D eigenvalue weighted by Gasteiger charge is -2.11. The number of nitrogens with zero attached hydrogens (tertiary/aromatic N) is 3. The zero-order valence-corrected chi connectivity index (χ0v) is 19.1. The van der Waals surface area contributed by atoms with E-state index in [0.29, 0.717) is 48.5 Å². The van der Waals surface area contributed by atoms with Gasteiger partial charge in [-0.2, -0.15) is 13.2 Å². The molecule has 0 amide bonds. The summed E-state index contributed by atoms with van der Waals surface area (Å²) in [6.07, 6.45) is -4.40. The summed E-state index contributed by atoms with van der Waals surface area (Å²) < 4.78 is 38.6. The maximum Gasteiger partial charge on any atom is 0.416 e. The van der Waals surface area contributed by atoms with Crippen molar-refractivity contribution in [1.29, 1.82) is 0 Å². The van der Waals surface area contributed by atoms with Crippen LogP contribution in [0.4, 0.5) is 35.5 Å². The van der Waals surface area contributed by atoms with Crippen molar-refractivity contribution in [3.8, 4) is 0 Å². The number of nitrogens with one attached hydrogen (secondary N) is 2. The van der Waals surface area contributed by atoms with Gasteiger partial charge in [-0.05, 0) is 36.4 Å². The van der Waals surface area contributed by atoms with Gasteiger partial charge < -0.3 is 10.6 Å². The van der Waals surface area contributed by atoms with Crippen molar-refractivity contribution in [3.63, 3.8) is 0 Å². The molecule has 2 aromatic heterocycles. The SMILES string of the molecule is CC(C)c1nc(Nc2ccc(C(F)(F)F)cc2)c2nc(Nc3c(Cl)cccc3Cl)sc2n1. The Kier molecular flexibility index (Phi) is 6.15. The molecule has 0 atom stereocenters. The number of hydrogen-bond acceptors (Lipinski definition) is 6. The van der Waals surface area contributed by atoms with Gasteiger partial charge in [-0.15, -0.1) is 0 Å². The molecule has 2 N–H and O–H groups in total. The van der Waals surface area contributed by atoms with Gasteiger partial charge in [0.05, 0.1) is 21.3 Å². The fourth-order valence-electron chi connectivity index (χ4n) is 2.84. The normalized spacial score (nSPS) is 11.9. The number of aromatic nitrogens is 3. The Balaban J connectivity index is 1.72. The zero-order valence-electron chi connectivity index (χ0n) is 16.8. The number of fused-ring (bicyclic) bond motifs is 1. The average molecular weight is 498 g/mol. The second kappa shape index (κ2) is 8.73. The Morgan fingerprint density at radius 2 is 1.56 bits per heavy atom. The van der Waals surface area contributed by atoms with Gasteiger partial charge in [0.2, 0.25) is 0 Å². The largest absolute Gasteiger partial charge is 0.416 e. The second-order valence-corrected chi connectivity index (χ2v) is 8.97. The van der Waals surface area contributed by atoms with Crippen LogP contribution in [0.5, 0.6) is 0 Å². The quantitative estimate of drug-likeness (QED) is 0.292. The molecule has 2 aromatic carbocycles. The van der Waals surface area contributed by atoms with Gasteiger partial charge in [-0.25, -0.2) is 15.0 Å². The van der Waals surface area contributed by atoms with Crippen molar-refractivity contribution in [1.82, 2.24) is 15.0 Å². The number of thiazole rings is 1. The molecule has 0 spiro atoms. The van der Waals surface area contributed by atoms with Crippen molar-refractivity contribution in [2.45, 2.75) is 25.9 Å². The van der Waals surface area contributed by atoms with E-state index in [1.54, 1.807) is 18.2 Å². The second-order valence-electron chi connectivity index (χ2n) is 7.18. The highest BCUT2D eigenvalue weighted by molar-refractivity contribution is 7.21. The van der Waals surface area contributed by atoms with Gasteiger partial charge >= 0.3 is 6.18 Å². The summed E-state index contributed by atoms with van der Waals surface area (Å²) in [4.78, 5) is 14.3. The number of alkyl halides is 3. The minimum atomic E-state index is -4.40. The maximum absolute atomic E-state index is 12.9. The highest BCUT2D eigenvalue weighted by atomic mass is 35.5. The third-order valence-electron chi connectivity index (χ3n) is 4.46. The smallest absolute Gasteiger partial charge is 0.338 e. The molecule has 0 saturated carbocycles. The molecule has 0 aliphatic rings. The first kappa shape index (κ1) is 22.6. The summed E-state index contributed by atoms with van der Waals surface area (Å²) in [6.45, 7) is 3.90. The highest BCUT2D eigenvalue weighted by Crippen LogP contribution is 2.37. The fourth-order valence-corrected chi connectivity index (χ4v) is 4.18. The summed E-state index contributed by atoms with van der Waals surface area (Å²) in [5.41, 5.74) is 0.717. The molecule has 0 fully saturated rings. The Morgan fingerprint density at radius 3 is 2.16 bits per heavy atom. The Morgan fingerprint density at radius 1 is 0.906 bits per heavy atom. The van der Waals surface area contributed by atoms with Gasteiger partial charge in [-0.1, -0.05) is 54.5 Å². The monoisotopic (exact) mass is 497 g/mol. The van der Waals surface area contributed by atoms with Crippen LogP contribution in [-0.2, 0) is 6.18 Å².